The molecule has 59 heavy (non-hydrogen) atoms. The van der Waals surface area contributed by atoms with E-state index in [1.807, 2.05) is 48.5 Å². The van der Waals surface area contributed by atoms with Crippen molar-refractivity contribution >= 4 is 44.6 Å². The summed E-state index contributed by atoms with van der Waals surface area (Å²) in [5.74, 6) is 3.00. The summed E-state index contributed by atoms with van der Waals surface area (Å²) >= 11 is 0. The maximum Gasteiger partial charge on any atom is 0.260 e. The minimum atomic E-state index is -0.416. The van der Waals surface area contributed by atoms with Crippen LogP contribution in [0.1, 0.15) is 56.8 Å². The molecule has 0 unspecified atom stereocenters. The molecule has 0 saturated heterocycles. The SMILES string of the molecule is [2H]c1c([2H])c([2H])c(-c2c3ccccc3c(-c3cc4c5c(c3)Oc3ccc(C(C)(C)c6ccccc6)cc3B5c3cc(C(C)(C)c5ccccc5)ccc3O4)c3ccccc23)c([2H])c1[2H]. The van der Waals surface area contributed by atoms with Gasteiger partial charge in [-0.3, -0.25) is 0 Å². The van der Waals surface area contributed by atoms with E-state index >= 15 is 0 Å². The Morgan fingerprint density at radius 1 is 0.407 bits per heavy atom. The van der Waals surface area contributed by atoms with Gasteiger partial charge in [0, 0.05) is 16.3 Å². The first-order valence-corrected chi connectivity index (χ1v) is 20.3. The molecular weight excluding hydrogens is 715 g/mol. The Morgan fingerprint density at radius 2 is 0.814 bits per heavy atom. The number of hydrogen-bond acceptors (Lipinski definition) is 2. The predicted octanol–water partition coefficient (Wildman–Crippen LogP) is 12.7. The summed E-state index contributed by atoms with van der Waals surface area (Å²) in [6.07, 6.45) is 0. The maximum absolute atomic E-state index is 9.02. The molecule has 2 heterocycles. The second-order valence-corrected chi connectivity index (χ2v) is 16.9. The first kappa shape index (κ1) is 30.3. The fraction of sp³-hybridized carbons (Fsp3) is 0.107. The Labute approximate surface area is 353 Å². The summed E-state index contributed by atoms with van der Waals surface area (Å²) in [6, 6.07) is 53.1. The van der Waals surface area contributed by atoms with E-state index in [0.29, 0.717) is 17.1 Å². The average molecular weight is 764 g/mol. The molecule has 0 aliphatic carbocycles. The molecule has 0 aromatic heterocycles. The summed E-state index contributed by atoms with van der Waals surface area (Å²) in [7, 11) is 0. The third-order valence-corrected chi connectivity index (χ3v) is 12.9. The maximum atomic E-state index is 9.02. The third-order valence-electron chi connectivity index (χ3n) is 12.9. The number of rotatable bonds is 6. The van der Waals surface area contributed by atoms with Crippen LogP contribution in [0.15, 0.2) is 188 Å². The van der Waals surface area contributed by atoms with Crippen LogP contribution in [-0.4, -0.2) is 6.71 Å². The number of fused-ring (bicyclic) bond motifs is 6. The number of ether oxygens (including phenoxy) is 2. The highest BCUT2D eigenvalue weighted by Crippen LogP contribution is 2.47. The van der Waals surface area contributed by atoms with Crippen molar-refractivity contribution in [3.63, 3.8) is 0 Å². The summed E-state index contributed by atoms with van der Waals surface area (Å²) < 4.78 is 57.6. The molecule has 0 N–H and O–H groups in total. The summed E-state index contributed by atoms with van der Waals surface area (Å²) in [5.41, 5.74) is 10.0. The number of hydrogen-bond donors (Lipinski definition) is 0. The Hall–Kier alpha value is -6.84. The normalized spacial score (nSPS) is 14.2. The second kappa shape index (κ2) is 13.4. The van der Waals surface area contributed by atoms with Gasteiger partial charge in [-0.05, 0) is 101 Å². The van der Waals surface area contributed by atoms with Crippen LogP contribution >= 0.6 is 0 Å². The van der Waals surface area contributed by atoms with Crippen molar-refractivity contribution in [1.82, 2.24) is 0 Å². The second-order valence-electron chi connectivity index (χ2n) is 16.9. The molecule has 0 amide bonds. The van der Waals surface area contributed by atoms with Crippen molar-refractivity contribution in [2.75, 3.05) is 0 Å². The fourth-order valence-electron chi connectivity index (χ4n) is 9.55. The molecule has 3 heteroatoms. The van der Waals surface area contributed by atoms with Gasteiger partial charge in [0.25, 0.3) is 6.71 Å². The van der Waals surface area contributed by atoms with Gasteiger partial charge >= 0.3 is 0 Å². The van der Waals surface area contributed by atoms with Crippen LogP contribution in [0.2, 0.25) is 0 Å². The molecule has 0 saturated carbocycles. The van der Waals surface area contributed by atoms with Gasteiger partial charge in [0.2, 0.25) is 0 Å². The van der Waals surface area contributed by atoms with Crippen molar-refractivity contribution in [2.24, 2.45) is 0 Å². The Kier molecular flexibility index (Phi) is 6.86. The molecule has 2 nitrogen and oxygen atoms in total. The highest BCUT2D eigenvalue weighted by Gasteiger charge is 2.42. The zero-order valence-corrected chi connectivity index (χ0v) is 33.4. The van der Waals surface area contributed by atoms with Crippen LogP contribution in [0.25, 0.3) is 43.8 Å². The third kappa shape index (κ3) is 5.56. The summed E-state index contributed by atoms with van der Waals surface area (Å²) in [4.78, 5) is 0. The quantitative estimate of drug-likeness (QED) is 0.124. The summed E-state index contributed by atoms with van der Waals surface area (Å²) in [6.45, 7) is 8.90. The fourth-order valence-corrected chi connectivity index (χ4v) is 9.55. The molecule has 9 aromatic rings. The summed E-state index contributed by atoms with van der Waals surface area (Å²) in [5, 5.41) is 3.30. The lowest BCUT2D eigenvalue weighted by Crippen LogP contribution is -2.57. The molecule has 0 fully saturated rings. The minimum absolute atomic E-state index is 0.179. The van der Waals surface area contributed by atoms with Gasteiger partial charge in [0.15, 0.2) is 0 Å². The standard InChI is InChI=1S/C56H43BO2/c1-55(2,38-20-10-6-11-21-38)40-28-30-48-46(34-40)57-47-35-41(56(3,4)39-22-12-7-13-23-39)29-31-49(47)59-51-33-37(32-50(58-48)54(51)57)53-44-26-16-14-24-42(44)52(36-18-8-5-9-19-36)43-25-15-17-27-45(43)53/h5-35H,1-4H3/i5D,8D,9D,18D,19D. The molecule has 282 valence electrons. The van der Waals surface area contributed by atoms with Gasteiger partial charge in [-0.2, -0.15) is 0 Å². The van der Waals surface area contributed by atoms with Crippen molar-refractivity contribution in [1.29, 1.82) is 0 Å². The highest BCUT2D eigenvalue weighted by atomic mass is 16.5. The van der Waals surface area contributed by atoms with Gasteiger partial charge in [0.05, 0.1) is 6.85 Å². The van der Waals surface area contributed by atoms with Crippen LogP contribution in [-0.2, 0) is 10.8 Å². The van der Waals surface area contributed by atoms with Crippen molar-refractivity contribution in [3.05, 3.63) is 210 Å². The molecule has 9 aromatic carbocycles. The first-order chi connectivity index (χ1) is 30.8. The predicted molar refractivity (Wildman–Crippen MR) is 247 cm³/mol. The monoisotopic (exact) mass is 763 g/mol. The largest absolute Gasteiger partial charge is 0.458 e. The van der Waals surface area contributed by atoms with E-state index in [-0.39, 0.29) is 47.3 Å². The molecule has 2 aliphatic rings. The zero-order valence-electron chi connectivity index (χ0n) is 38.4. The first-order valence-electron chi connectivity index (χ1n) is 22.8. The van der Waals surface area contributed by atoms with E-state index in [1.165, 1.54) is 22.3 Å². The topological polar surface area (TPSA) is 18.5 Å². The molecular formula is C56H43BO2. The van der Waals surface area contributed by atoms with Gasteiger partial charge < -0.3 is 9.47 Å². The molecule has 0 atom stereocenters. The van der Waals surface area contributed by atoms with Gasteiger partial charge in [-0.15, -0.1) is 0 Å². The average Bonchev–Trinajstić information content (AvgIpc) is 3.32. The lowest BCUT2D eigenvalue weighted by molar-refractivity contribution is 0.464. The van der Waals surface area contributed by atoms with Gasteiger partial charge in [-0.25, -0.2) is 0 Å². The van der Waals surface area contributed by atoms with E-state index in [9.17, 15) is 0 Å². The zero-order chi connectivity index (χ0) is 44.2. The van der Waals surface area contributed by atoms with Crippen molar-refractivity contribution < 1.29 is 16.3 Å². The Balaban J connectivity index is 1.15. The van der Waals surface area contributed by atoms with Crippen LogP contribution < -0.4 is 25.9 Å². The van der Waals surface area contributed by atoms with E-state index in [4.69, 9.17) is 16.3 Å². The lowest BCUT2D eigenvalue weighted by atomic mass is 9.34. The molecule has 0 bridgehead atoms. The van der Waals surface area contributed by atoms with E-state index in [2.05, 4.69) is 137 Å². The van der Waals surface area contributed by atoms with Crippen LogP contribution in [0.4, 0.5) is 0 Å². The highest BCUT2D eigenvalue weighted by molar-refractivity contribution is 6.98. The smallest absolute Gasteiger partial charge is 0.260 e. The lowest BCUT2D eigenvalue weighted by Gasteiger charge is -2.36. The van der Waals surface area contributed by atoms with Crippen LogP contribution in [0, 0.1) is 0 Å². The molecule has 0 radical (unpaired) electrons. The van der Waals surface area contributed by atoms with Crippen molar-refractivity contribution in [2.45, 2.75) is 38.5 Å². The van der Waals surface area contributed by atoms with Gasteiger partial charge in [0.1, 0.15) is 23.0 Å². The van der Waals surface area contributed by atoms with Crippen LogP contribution in [0.5, 0.6) is 23.0 Å². The van der Waals surface area contributed by atoms with Gasteiger partial charge in [-0.1, -0.05) is 191 Å². The van der Waals surface area contributed by atoms with E-state index in [0.717, 1.165) is 60.6 Å². The van der Waals surface area contributed by atoms with Crippen LogP contribution in [0.3, 0.4) is 0 Å². The Morgan fingerprint density at radius 3 is 1.25 bits per heavy atom. The Bertz CT molecular complexity index is 3190. The van der Waals surface area contributed by atoms with Crippen molar-refractivity contribution in [3.8, 4) is 45.3 Å². The molecule has 11 rings (SSSR count). The number of benzene rings is 9. The van der Waals surface area contributed by atoms with E-state index < -0.39 is 6.04 Å². The van der Waals surface area contributed by atoms with E-state index in [1.54, 1.807) is 0 Å². The molecule has 2 aliphatic heterocycles. The minimum Gasteiger partial charge on any atom is -0.458 e. The molecule has 0 spiro atoms.